The fourth-order valence-corrected chi connectivity index (χ4v) is 5.30. The van der Waals surface area contributed by atoms with Gasteiger partial charge in [0.15, 0.2) is 0 Å². The minimum atomic E-state index is -4.14. The van der Waals surface area contributed by atoms with Crippen LogP contribution < -0.4 is 13.8 Å². The van der Waals surface area contributed by atoms with E-state index in [0.29, 0.717) is 5.75 Å². The summed E-state index contributed by atoms with van der Waals surface area (Å²) in [6.45, 7) is 0.00871. The lowest BCUT2D eigenvalue weighted by atomic mass is 10.1. The number of anilines is 1. The number of hydrogen-bond donors (Lipinski definition) is 0. The molecule has 0 amide bonds. The second-order valence-corrected chi connectivity index (χ2v) is 9.95. The summed E-state index contributed by atoms with van der Waals surface area (Å²) in [6, 6.07) is 29.3. The van der Waals surface area contributed by atoms with Crippen LogP contribution in [0.5, 0.6) is 11.5 Å². The quantitative estimate of drug-likeness (QED) is 0.260. The highest BCUT2D eigenvalue weighted by molar-refractivity contribution is 7.92. The predicted molar refractivity (Wildman–Crippen MR) is 141 cm³/mol. The Balaban J connectivity index is 1.81. The molecule has 190 valence electrons. The van der Waals surface area contributed by atoms with E-state index in [-0.39, 0.29) is 35.0 Å². The number of nitrogens with zero attached hydrogens (tertiary/aromatic N) is 1. The predicted octanol–water partition coefficient (Wildman–Crippen LogP) is 5.46. The van der Waals surface area contributed by atoms with E-state index in [4.69, 9.17) is 14.2 Å². The highest BCUT2D eigenvalue weighted by Crippen LogP contribution is 2.38. The third-order valence-corrected chi connectivity index (χ3v) is 7.48. The Labute approximate surface area is 216 Å². The van der Waals surface area contributed by atoms with Crippen LogP contribution in [-0.2, 0) is 27.9 Å². The number of rotatable bonds is 10. The van der Waals surface area contributed by atoms with Gasteiger partial charge >= 0.3 is 5.97 Å². The number of ether oxygens (including phenoxy) is 3. The van der Waals surface area contributed by atoms with E-state index in [9.17, 15) is 13.2 Å². The van der Waals surface area contributed by atoms with Crippen molar-refractivity contribution in [3.05, 3.63) is 120 Å². The highest BCUT2D eigenvalue weighted by atomic mass is 32.2. The molecule has 0 atom stereocenters. The summed E-state index contributed by atoms with van der Waals surface area (Å²) < 4.78 is 45.6. The van der Waals surface area contributed by atoms with E-state index in [1.807, 2.05) is 60.7 Å². The topological polar surface area (TPSA) is 82.1 Å². The average Bonchev–Trinajstić information content (AvgIpc) is 2.95. The third kappa shape index (κ3) is 5.92. The van der Waals surface area contributed by atoms with Crippen LogP contribution in [0.3, 0.4) is 0 Å². The number of sulfonamides is 1. The lowest BCUT2D eigenvalue weighted by Crippen LogP contribution is -2.32. The number of hydrogen-bond acceptors (Lipinski definition) is 6. The fraction of sp³-hybridized carbons (Fsp3) is 0.138. The van der Waals surface area contributed by atoms with Gasteiger partial charge in [-0.2, -0.15) is 0 Å². The molecule has 0 N–H and O–H groups in total. The Kier molecular flexibility index (Phi) is 8.10. The van der Waals surface area contributed by atoms with Gasteiger partial charge in [-0.15, -0.1) is 0 Å². The molecule has 7 nitrogen and oxygen atoms in total. The number of esters is 1. The number of carbonyl (C=O) groups excluding carboxylic acids is 1. The van der Waals surface area contributed by atoms with Crippen LogP contribution in [0.1, 0.15) is 21.5 Å². The van der Waals surface area contributed by atoms with Gasteiger partial charge in [0.25, 0.3) is 10.0 Å². The van der Waals surface area contributed by atoms with Crippen molar-refractivity contribution in [2.75, 3.05) is 18.5 Å². The molecular formula is C29H27NO6S. The van der Waals surface area contributed by atoms with Crippen LogP contribution in [0, 0.1) is 0 Å². The zero-order chi connectivity index (χ0) is 26.3. The molecule has 0 aliphatic heterocycles. The molecule has 0 saturated carbocycles. The van der Waals surface area contributed by atoms with Crippen molar-refractivity contribution in [1.29, 1.82) is 0 Å². The third-order valence-electron chi connectivity index (χ3n) is 5.72. The van der Waals surface area contributed by atoms with Crippen molar-refractivity contribution in [2.45, 2.75) is 18.0 Å². The Morgan fingerprint density at radius 1 is 0.730 bits per heavy atom. The van der Waals surface area contributed by atoms with Crippen LogP contribution in [0.4, 0.5) is 5.69 Å². The molecule has 0 fully saturated rings. The summed E-state index contributed by atoms with van der Waals surface area (Å²) in [6.07, 6.45) is 0. The van der Waals surface area contributed by atoms with E-state index in [0.717, 1.165) is 11.1 Å². The molecule has 0 bridgehead atoms. The maximum Gasteiger partial charge on any atom is 0.340 e. The zero-order valence-electron chi connectivity index (χ0n) is 20.5. The molecule has 37 heavy (non-hydrogen) atoms. The van der Waals surface area contributed by atoms with Crippen molar-refractivity contribution in [1.82, 2.24) is 0 Å². The summed E-state index contributed by atoms with van der Waals surface area (Å²) in [4.78, 5) is 13.3. The van der Waals surface area contributed by atoms with Crippen molar-refractivity contribution in [2.24, 2.45) is 0 Å². The van der Waals surface area contributed by atoms with Crippen LogP contribution in [-0.4, -0.2) is 28.6 Å². The maximum absolute atomic E-state index is 14.0. The molecule has 0 heterocycles. The first-order valence-electron chi connectivity index (χ1n) is 11.5. The van der Waals surface area contributed by atoms with Crippen LogP contribution >= 0.6 is 0 Å². The molecular weight excluding hydrogens is 490 g/mol. The summed E-state index contributed by atoms with van der Waals surface area (Å²) in [7, 11) is -1.21. The van der Waals surface area contributed by atoms with Gasteiger partial charge in [0, 0.05) is 0 Å². The van der Waals surface area contributed by atoms with Crippen molar-refractivity contribution >= 4 is 21.7 Å². The number of para-hydroxylation sites is 1. The zero-order valence-corrected chi connectivity index (χ0v) is 21.4. The first-order valence-corrected chi connectivity index (χ1v) is 13.0. The minimum Gasteiger partial charge on any atom is -0.497 e. The van der Waals surface area contributed by atoms with E-state index >= 15 is 0 Å². The minimum absolute atomic E-state index is 0.0332. The van der Waals surface area contributed by atoms with Crippen LogP contribution in [0.25, 0.3) is 0 Å². The summed E-state index contributed by atoms with van der Waals surface area (Å²) in [5.41, 5.74) is 1.72. The number of benzene rings is 4. The molecule has 4 aromatic carbocycles. The van der Waals surface area contributed by atoms with Gasteiger partial charge in [0.05, 0.1) is 31.2 Å². The van der Waals surface area contributed by atoms with Crippen molar-refractivity contribution in [3.63, 3.8) is 0 Å². The van der Waals surface area contributed by atoms with Gasteiger partial charge in [0.2, 0.25) is 0 Å². The second-order valence-electron chi connectivity index (χ2n) is 8.09. The molecule has 0 saturated heterocycles. The van der Waals surface area contributed by atoms with Gasteiger partial charge in [0.1, 0.15) is 23.8 Å². The molecule has 4 aromatic rings. The fourth-order valence-electron chi connectivity index (χ4n) is 3.82. The molecule has 0 spiro atoms. The SMILES string of the molecule is COc1ccc(S(=O)(=O)N(Cc2ccccc2)c2c(OC)cccc2C(=O)OCc2ccccc2)cc1. The molecule has 0 radical (unpaired) electrons. The summed E-state index contributed by atoms with van der Waals surface area (Å²) in [5.74, 6) is 0.0824. The lowest BCUT2D eigenvalue weighted by Gasteiger charge is -2.28. The monoisotopic (exact) mass is 517 g/mol. The molecule has 0 aliphatic carbocycles. The Morgan fingerprint density at radius 3 is 1.95 bits per heavy atom. The highest BCUT2D eigenvalue weighted by Gasteiger charge is 2.32. The first-order chi connectivity index (χ1) is 17.9. The lowest BCUT2D eigenvalue weighted by molar-refractivity contribution is 0.0473. The molecule has 0 aliphatic rings. The molecule has 8 heteroatoms. The normalized spacial score (nSPS) is 11.0. The van der Waals surface area contributed by atoms with Crippen LogP contribution in [0.2, 0.25) is 0 Å². The Morgan fingerprint density at radius 2 is 1.35 bits per heavy atom. The average molecular weight is 518 g/mol. The number of carbonyl (C=O) groups is 1. The van der Waals surface area contributed by atoms with Crippen LogP contribution in [0.15, 0.2) is 108 Å². The summed E-state index contributed by atoms with van der Waals surface area (Å²) in [5, 5.41) is 0. The van der Waals surface area contributed by atoms with E-state index in [1.54, 1.807) is 24.3 Å². The van der Waals surface area contributed by atoms with E-state index in [2.05, 4.69) is 0 Å². The van der Waals surface area contributed by atoms with E-state index < -0.39 is 16.0 Å². The maximum atomic E-state index is 14.0. The van der Waals surface area contributed by atoms with Crippen molar-refractivity contribution < 1.29 is 27.4 Å². The smallest absolute Gasteiger partial charge is 0.340 e. The Bertz CT molecular complexity index is 1440. The van der Waals surface area contributed by atoms with Gasteiger partial charge in [-0.3, -0.25) is 4.31 Å². The first kappa shape index (κ1) is 25.8. The molecule has 4 rings (SSSR count). The van der Waals surface area contributed by atoms with Gasteiger partial charge in [-0.05, 0) is 47.5 Å². The number of methoxy groups -OCH3 is 2. The molecule has 0 aromatic heterocycles. The Hall–Kier alpha value is -4.30. The standard InChI is InChI=1S/C29H27NO6S/c1-34-24-16-18-25(19-17-24)37(32,33)30(20-22-10-5-3-6-11-22)28-26(14-9-15-27(28)35-2)29(31)36-21-23-12-7-4-8-13-23/h3-19H,20-21H2,1-2H3. The van der Waals surface area contributed by atoms with Gasteiger partial charge in [-0.25, -0.2) is 13.2 Å². The summed E-state index contributed by atoms with van der Waals surface area (Å²) >= 11 is 0. The van der Waals surface area contributed by atoms with Gasteiger partial charge in [-0.1, -0.05) is 66.7 Å². The van der Waals surface area contributed by atoms with Crippen molar-refractivity contribution in [3.8, 4) is 11.5 Å². The molecule has 0 unspecified atom stereocenters. The van der Waals surface area contributed by atoms with Gasteiger partial charge < -0.3 is 14.2 Å². The van der Waals surface area contributed by atoms with E-state index in [1.165, 1.54) is 36.7 Å². The second kappa shape index (κ2) is 11.6. The largest absolute Gasteiger partial charge is 0.497 e.